The van der Waals surface area contributed by atoms with Gasteiger partial charge in [0.15, 0.2) is 0 Å². The van der Waals surface area contributed by atoms with Gasteiger partial charge in [-0.3, -0.25) is 9.48 Å². The van der Waals surface area contributed by atoms with Gasteiger partial charge in [0.1, 0.15) is 5.69 Å². The lowest BCUT2D eigenvalue weighted by molar-refractivity contribution is -0.145. The maximum atomic E-state index is 12.9. The molecule has 1 aromatic carbocycles. The summed E-state index contributed by atoms with van der Waals surface area (Å²) >= 11 is 0. The molecule has 6 nitrogen and oxygen atoms in total. The summed E-state index contributed by atoms with van der Waals surface area (Å²) in [5.74, 6) is -2.08. The number of aromatic nitrogens is 4. The molecule has 2 aromatic heterocycles. The highest BCUT2D eigenvalue weighted by Gasteiger charge is 2.35. The fourth-order valence-corrected chi connectivity index (χ4v) is 2.57. The third kappa shape index (κ3) is 3.97. The fourth-order valence-electron chi connectivity index (χ4n) is 2.57. The summed E-state index contributed by atoms with van der Waals surface area (Å²) in [6, 6.07) is 8.45. The second kappa shape index (κ2) is 6.82. The van der Waals surface area contributed by atoms with E-state index in [2.05, 4.69) is 20.4 Å². The van der Waals surface area contributed by atoms with Gasteiger partial charge in [-0.05, 0) is 37.6 Å². The van der Waals surface area contributed by atoms with Crippen molar-refractivity contribution in [1.82, 2.24) is 19.7 Å². The number of nitrogens with zero attached hydrogens (tertiary/aromatic N) is 4. The Kier molecular flexibility index (Phi) is 4.69. The van der Waals surface area contributed by atoms with Crippen molar-refractivity contribution in [3.05, 3.63) is 59.3 Å². The largest absolute Gasteiger partial charge is 0.451 e. The lowest BCUT2D eigenvalue weighted by Crippen LogP contribution is -2.19. The second-order valence-corrected chi connectivity index (χ2v) is 6.04. The van der Waals surface area contributed by atoms with Gasteiger partial charge in [0, 0.05) is 30.2 Å². The number of hydrogen-bond acceptors (Lipinski definition) is 4. The number of carbonyl (C=O) groups is 1. The molecule has 0 radical (unpaired) electrons. The third-order valence-corrected chi connectivity index (χ3v) is 3.94. The first-order chi connectivity index (χ1) is 12.6. The summed E-state index contributed by atoms with van der Waals surface area (Å²) in [5.41, 5.74) is 2.59. The minimum atomic E-state index is -4.73. The number of halogens is 3. The molecule has 140 valence electrons. The molecular formula is C18H16F3N5O. The van der Waals surface area contributed by atoms with Crippen molar-refractivity contribution in [3.8, 4) is 11.3 Å². The predicted octanol–water partition coefficient (Wildman–Crippen LogP) is 3.77. The quantitative estimate of drug-likeness (QED) is 0.756. The van der Waals surface area contributed by atoms with Crippen molar-refractivity contribution in [3.63, 3.8) is 0 Å². The van der Waals surface area contributed by atoms with Crippen LogP contribution in [0.1, 0.15) is 27.6 Å². The van der Waals surface area contributed by atoms with E-state index in [1.165, 1.54) is 13.0 Å². The zero-order chi connectivity index (χ0) is 19.8. The normalized spacial score (nSPS) is 11.5. The zero-order valence-corrected chi connectivity index (χ0v) is 14.8. The molecular weight excluding hydrogens is 359 g/mol. The van der Waals surface area contributed by atoms with E-state index in [-0.39, 0.29) is 11.4 Å². The van der Waals surface area contributed by atoms with Crippen LogP contribution >= 0.6 is 0 Å². The highest BCUT2D eigenvalue weighted by Crippen LogP contribution is 2.27. The molecule has 2 heterocycles. The van der Waals surface area contributed by atoms with E-state index in [4.69, 9.17) is 0 Å². The maximum absolute atomic E-state index is 12.9. The first-order valence-corrected chi connectivity index (χ1v) is 7.98. The van der Waals surface area contributed by atoms with Crippen LogP contribution in [-0.4, -0.2) is 25.7 Å². The highest BCUT2D eigenvalue weighted by molar-refractivity contribution is 6.03. The SMILES string of the molecule is Cc1cc(C(=O)Nc2cc(-c3ccnn3C)ccc2C)nc(C(F)(F)F)n1. The number of carbonyl (C=O) groups excluding carboxylic acids is 1. The second-order valence-electron chi connectivity index (χ2n) is 6.04. The Bertz CT molecular complexity index is 1010. The van der Waals surface area contributed by atoms with Crippen LogP contribution in [0.25, 0.3) is 11.3 Å². The molecule has 1 N–H and O–H groups in total. The van der Waals surface area contributed by atoms with Crippen LogP contribution in [-0.2, 0) is 13.2 Å². The number of benzene rings is 1. The molecule has 0 atom stereocenters. The van der Waals surface area contributed by atoms with Gasteiger partial charge in [0.2, 0.25) is 5.82 Å². The summed E-state index contributed by atoms with van der Waals surface area (Å²) in [6.07, 6.45) is -3.08. The Morgan fingerprint density at radius 3 is 2.48 bits per heavy atom. The number of nitrogens with one attached hydrogen (secondary N) is 1. The summed E-state index contributed by atoms with van der Waals surface area (Å²) in [4.78, 5) is 19.2. The minimum Gasteiger partial charge on any atom is -0.320 e. The van der Waals surface area contributed by atoms with E-state index in [9.17, 15) is 18.0 Å². The van der Waals surface area contributed by atoms with E-state index in [1.54, 1.807) is 30.9 Å². The van der Waals surface area contributed by atoms with Gasteiger partial charge in [0.25, 0.3) is 5.91 Å². The van der Waals surface area contributed by atoms with Crippen molar-refractivity contribution >= 4 is 11.6 Å². The number of hydrogen-bond donors (Lipinski definition) is 1. The van der Waals surface area contributed by atoms with E-state index >= 15 is 0 Å². The van der Waals surface area contributed by atoms with Crippen molar-refractivity contribution < 1.29 is 18.0 Å². The number of alkyl halides is 3. The van der Waals surface area contributed by atoms with Gasteiger partial charge >= 0.3 is 6.18 Å². The standard InChI is InChI=1S/C18H16F3N5O/c1-10-4-5-12(15-6-7-22-26(15)3)9-13(10)24-16(27)14-8-11(2)23-17(25-14)18(19,20)21/h4-9H,1-3H3,(H,24,27). The van der Waals surface area contributed by atoms with Crippen LogP contribution in [0.15, 0.2) is 36.5 Å². The molecule has 1 amide bonds. The lowest BCUT2D eigenvalue weighted by Gasteiger charge is -2.12. The van der Waals surface area contributed by atoms with E-state index in [0.29, 0.717) is 5.69 Å². The highest BCUT2D eigenvalue weighted by atomic mass is 19.4. The molecule has 0 spiro atoms. The van der Waals surface area contributed by atoms with E-state index in [0.717, 1.165) is 16.8 Å². The number of amides is 1. The van der Waals surface area contributed by atoms with Crippen LogP contribution in [0, 0.1) is 13.8 Å². The molecule has 3 aromatic rings. The van der Waals surface area contributed by atoms with Gasteiger partial charge < -0.3 is 5.32 Å². The first-order valence-electron chi connectivity index (χ1n) is 7.98. The van der Waals surface area contributed by atoms with Gasteiger partial charge in [-0.2, -0.15) is 18.3 Å². The summed E-state index contributed by atoms with van der Waals surface area (Å²) in [7, 11) is 1.79. The molecule has 0 aliphatic heterocycles. The number of rotatable bonds is 3. The van der Waals surface area contributed by atoms with Gasteiger partial charge in [-0.25, -0.2) is 9.97 Å². The molecule has 0 saturated heterocycles. The van der Waals surface area contributed by atoms with Crippen LogP contribution < -0.4 is 5.32 Å². The molecule has 0 fully saturated rings. The molecule has 27 heavy (non-hydrogen) atoms. The molecule has 0 saturated carbocycles. The van der Waals surface area contributed by atoms with E-state index < -0.39 is 17.9 Å². The average molecular weight is 375 g/mol. The zero-order valence-electron chi connectivity index (χ0n) is 14.8. The van der Waals surface area contributed by atoms with Crippen LogP contribution in [0.4, 0.5) is 18.9 Å². The molecule has 3 rings (SSSR count). The number of anilines is 1. The van der Waals surface area contributed by atoms with Gasteiger partial charge in [-0.15, -0.1) is 0 Å². The third-order valence-electron chi connectivity index (χ3n) is 3.94. The molecule has 0 unspecified atom stereocenters. The Morgan fingerprint density at radius 2 is 1.85 bits per heavy atom. The average Bonchev–Trinajstić information content (AvgIpc) is 3.01. The van der Waals surface area contributed by atoms with Crippen molar-refractivity contribution in [1.29, 1.82) is 0 Å². The Hall–Kier alpha value is -3.23. The van der Waals surface area contributed by atoms with Gasteiger partial charge in [0.05, 0.1) is 5.69 Å². The monoisotopic (exact) mass is 375 g/mol. The smallest absolute Gasteiger partial charge is 0.320 e. The van der Waals surface area contributed by atoms with E-state index in [1.807, 2.05) is 18.2 Å². The van der Waals surface area contributed by atoms with Crippen LogP contribution in [0.5, 0.6) is 0 Å². The van der Waals surface area contributed by atoms with Crippen molar-refractivity contribution in [2.75, 3.05) is 5.32 Å². The topological polar surface area (TPSA) is 72.7 Å². The van der Waals surface area contributed by atoms with Crippen molar-refractivity contribution in [2.45, 2.75) is 20.0 Å². The maximum Gasteiger partial charge on any atom is 0.451 e. The Balaban J connectivity index is 1.93. The molecule has 0 aliphatic rings. The number of aryl methyl sites for hydroxylation is 3. The lowest BCUT2D eigenvalue weighted by atomic mass is 10.1. The molecule has 9 heteroatoms. The molecule has 0 bridgehead atoms. The van der Waals surface area contributed by atoms with Crippen LogP contribution in [0.2, 0.25) is 0 Å². The van der Waals surface area contributed by atoms with Crippen molar-refractivity contribution in [2.24, 2.45) is 7.05 Å². The summed E-state index contributed by atoms with van der Waals surface area (Å²) in [5, 5.41) is 6.73. The first kappa shape index (κ1) is 18.6. The predicted molar refractivity (Wildman–Crippen MR) is 93.1 cm³/mol. The summed E-state index contributed by atoms with van der Waals surface area (Å²) in [6.45, 7) is 3.16. The Morgan fingerprint density at radius 1 is 1.11 bits per heavy atom. The van der Waals surface area contributed by atoms with Gasteiger partial charge in [-0.1, -0.05) is 12.1 Å². The summed E-state index contributed by atoms with van der Waals surface area (Å²) < 4.78 is 40.3. The molecule has 0 aliphatic carbocycles. The minimum absolute atomic E-state index is 0.0582. The van der Waals surface area contributed by atoms with Crippen LogP contribution in [0.3, 0.4) is 0 Å². The Labute approximate surface area is 153 Å². The fraction of sp³-hybridized carbons (Fsp3) is 0.222.